The van der Waals surface area contributed by atoms with Gasteiger partial charge >= 0.3 is 0 Å². The second-order valence-corrected chi connectivity index (χ2v) is 12.3. The van der Waals surface area contributed by atoms with Gasteiger partial charge in [-0.2, -0.15) is 0 Å². The highest BCUT2D eigenvalue weighted by atomic mass is 15.4. The molecule has 7 atom stereocenters. The molecule has 0 N–H and O–H groups in total. The van der Waals surface area contributed by atoms with Crippen LogP contribution in [0.3, 0.4) is 0 Å². The van der Waals surface area contributed by atoms with Crippen molar-refractivity contribution in [2.75, 3.05) is 0 Å². The number of hydrogen-bond donors (Lipinski definition) is 0. The van der Waals surface area contributed by atoms with Gasteiger partial charge < -0.3 is 0 Å². The fourth-order valence-corrected chi connectivity index (χ4v) is 9.26. The Morgan fingerprint density at radius 3 is 2.65 bits per heavy atom. The van der Waals surface area contributed by atoms with Gasteiger partial charge in [0.05, 0.1) is 12.2 Å². The lowest BCUT2D eigenvalue weighted by molar-refractivity contribution is -0.103. The van der Waals surface area contributed by atoms with Gasteiger partial charge in [0, 0.05) is 6.20 Å². The van der Waals surface area contributed by atoms with Crippen molar-refractivity contribution >= 4 is 16.3 Å². The van der Waals surface area contributed by atoms with Crippen molar-refractivity contribution in [3.8, 4) is 0 Å². The van der Waals surface area contributed by atoms with E-state index in [1.807, 2.05) is 6.20 Å². The highest BCUT2D eigenvalue weighted by molar-refractivity contribution is 5.87. The Balaban J connectivity index is 1.15. The summed E-state index contributed by atoms with van der Waals surface area (Å²) in [5, 5.41) is 11.2. The number of allylic oxidation sites excluding steroid dienone is 2. The molecule has 0 unspecified atom stereocenters. The van der Waals surface area contributed by atoms with Crippen LogP contribution < -0.4 is 0 Å². The first-order valence-corrected chi connectivity index (χ1v) is 13.6. The summed E-state index contributed by atoms with van der Waals surface area (Å²) < 4.78 is 2.14. The molecule has 3 fully saturated rings. The summed E-state index contributed by atoms with van der Waals surface area (Å²) in [4.78, 5) is 0. The first-order valence-electron chi connectivity index (χ1n) is 13.6. The third kappa shape index (κ3) is 2.94. The molecule has 4 aliphatic rings. The maximum absolute atomic E-state index is 4.35. The van der Waals surface area contributed by atoms with Gasteiger partial charge in [0.25, 0.3) is 0 Å². The monoisotopic (exact) mass is 451 g/mol. The fourth-order valence-electron chi connectivity index (χ4n) is 9.26. The predicted octanol–water partition coefficient (Wildman–Crippen LogP) is 7.71. The van der Waals surface area contributed by atoms with E-state index in [1.165, 1.54) is 67.7 Å². The van der Waals surface area contributed by atoms with Crippen molar-refractivity contribution in [3.05, 3.63) is 66.5 Å². The van der Waals surface area contributed by atoms with E-state index < -0.39 is 0 Å². The van der Waals surface area contributed by atoms with Crippen molar-refractivity contribution in [2.24, 2.45) is 34.5 Å². The molecule has 176 valence electrons. The van der Waals surface area contributed by atoms with E-state index in [1.54, 1.807) is 5.57 Å². The minimum absolute atomic E-state index is 0.338. The molecule has 0 saturated heterocycles. The Bertz CT molecular complexity index is 1240. The number of hydrogen-bond acceptors (Lipinski definition) is 2. The van der Waals surface area contributed by atoms with Gasteiger partial charge in [0.1, 0.15) is 0 Å². The quantitative estimate of drug-likeness (QED) is 0.399. The Morgan fingerprint density at radius 2 is 1.79 bits per heavy atom. The van der Waals surface area contributed by atoms with Crippen LogP contribution in [-0.2, 0) is 0 Å². The number of fused-ring (bicyclic) bond motifs is 6. The van der Waals surface area contributed by atoms with Crippen LogP contribution in [0.1, 0.15) is 76.8 Å². The molecule has 0 amide bonds. The maximum Gasteiger partial charge on any atom is 0.0693 e. The predicted molar refractivity (Wildman–Crippen MR) is 138 cm³/mol. The normalized spacial score (nSPS) is 39.2. The summed E-state index contributed by atoms with van der Waals surface area (Å²) in [7, 11) is 0. The van der Waals surface area contributed by atoms with Gasteiger partial charge in [-0.15, -0.1) is 5.10 Å². The van der Waals surface area contributed by atoms with E-state index in [-0.39, 0.29) is 0 Å². The third-order valence-corrected chi connectivity index (χ3v) is 11.1. The Morgan fingerprint density at radius 1 is 0.912 bits per heavy atom. The van der Waals surface area contributed by atoms with E-state index in [0.29, 0.717) is 16.9 Å². The molecule has 1 aromatic heterocycles. The van der Waals surface area contributed by atoms with Gasteiger partial charge in [-0.25, -0.2) is 4.68 Å². The lowest BCUT2D eigenvalue weighted by Gasteiger charge is -2.61. The molecule has 34 heavy (non-hydrogen) atoms. The summed E-state index contributed by atoms with van der Waals surface area (Å²) in [6, 6.07) is 16.5. The largest absolute Gasteiger partial charge is 0.250 e. The van der Waals surface area contributed by atoms with Gasteiger partial charge in [0.2, 0.25) is 0 Å². The van der Waals surface area contributed by atoms with Crippen LogP contribution in [0.2, 0.25) is 0 Å². The highest BCUT2D eigenvalue weighted by Gasteiger charge is 2.58. The molecule has 0 spiro atoms. The van der Waals surface area contributed by atoms with Gasteiger partial charge in [-0.1, -0.05) is 61.5 Å². The van der Waals surface area contributed by atoms with Crippen molar-refractivity contribution < 1.29 is 0 Å². The third-order valence-electron chi connectivity index (χ3n) is 11.1. The Kier molecular flexibility index (Phi) is 4.64. The lowest BCUT2D eigenvalue weighted by Crippen LogP contribution is -2.53. The molecule has 4 aliphatic carbocycles. The first kappa shape index (κ1) is 20.9. The smallest absolute Gasteiger partial charge is 0.0693 e. The topological polar surface area (TPSA) is 30.7 Å². The molecule has 1 heterocycles. The summed E-state index contributed by atoms with van der Waals surface area (Å²) >= 11 is 0. The van der Waals surface area contributed by atoms with Gasteiger partial charge in [0.15, 0.2) is 0 Å². The molecule has 3 saturated carbocycles. The molecule has 0 radical (unpaired) electrons. The van der Waals surface area contributed by atoms with Crippen LogP contribution in [0.25, 0.3) is 16.3 Å². The van der Waals surface area contributed by atoms with Crippen molar-refractivity contribution in [2.45, 2.75) is 71.3 Å². The van der Waals surface area contributed by atoms with Gasteiger partial charge in [-0.3, -0.25) is 0 Å². The van der Waals surface area contributed by atoms with Crippen LogP contribution in [0, 0.1) is 34.5 Å². The van der Waals surface area contributed by atoms with Crippen LogP contribution in [0.4, 0.5) is 0 Å². The zero-order valence-corrected chi connectivity index (χ0v) is 20.7. The molecular weight excluding hydrogens is 414 g/mol. The maximum atomic E-state index is 4.35. The average molecular weight is 452 g/mol. The minimum atomic E-state index is 0.338. The van der Waals surface area contributed by atoms with Crippen LogP contribution >= 0.6 is 0 Å². The van der Waals surface area contributed by atoms with E-state index >= 15 is 0 Å². The zero-order valence-electron chi connectivity index (χ0n) is 20.7. The summed E-state index contributed by atoms with van der Waals surface area (Å²) in [6.07, 6.45) is 17.3. The first-order chi connectivity index (χ1) is 16.6. The molecule has 2 aromatic carbocycles. The van der Waals surface area contributed by atoms with E-state index in [9.17, 15) is 0 Å². The molecule has 3 nitrogen and oxygen atoms in total. The van der Waals surface area contributed by atoms with Crippen LogP contribution in [0.15, 0.2) is 60.9 Å². The minimum Gasteiger partial charge on any atom is -0.250 e. The molecule has 0 aliphatic heterocycles. The molecular formula is C31H37N3. The molecule has 3 heteroatoms. The molecule has 3 aromatic rings. The highest BCUT2D eigenvalue weighted by Crippen LogP contribution is 2.68. The zero-order chi connectivity index (χ0) is 22.9. The van der Waals surface area contributed by atoms with E-state index in [0.717, 1.165) is 23.7 Å². The van der Waals surface area contributed by atoms with Crippen molar-refractivity contribution in [1.29, 1.82) is 0 Å². The summed E-state index contributed by atoms with van der Waals surface area (Å²) in [5.41, 5.74) is 3.96. The van der Waals surface area contributed by atoms with E-state index in [4.69, 9.17) is 0 Å². The number of nitrogens with zero attached hydrogens (tertiary/aromatic N) is 3. The Hall–Kier alpha value is -2.42. The molecule has 7 rings (SSSR count). The van der Waals surface area contributed by atoms with Crippen LogP contribution in [-0.4, -0.2) is 15.0 Å². The second-order valence-electron chi connectivity index (χ2n) is 12.3. The SMILES string of the molecule is C[C@]12CC[C@@H](n3ccnn3)C[C@@H]1CC[C@@H]1[C@@H]2CC[C@]2(C)C(c3ccc4ccccc4c3)=CC[C@@H]12. The van der Waals surface area contributed by atoms with Crippen LogP contribution in [0.5, 0.6) is 0 Å². The van der Waals surface area contributed by atoms with Crippen molar-refractivity contribution in [3.63, 3.8) is 0 Å². The summed E-state index contributed by atoms with van der Waals surface area (Å²) in [5.74, 6) is 3.44. The van der Waals surface area contributed by atoms with Gasteiger partial charge in [-0.05, 0) is 114 Å². The fraction of sp³-hybridized carbons (Fsp3) is 0.548. The number of aromatic nitrogens is 3. The van der Waals surface area contributed by atoms with Crippen molar-refractivity contribution in [1.82, 2.24) is 15.0 Å². The number of benzene rings is 2. The second kappa shape index (κ2) is 7.54. The number of rotatable bonds is 2. The Labute approximate surface area is 203 Å². The molecule has 0 bridgehead atoms. The average Bonchev–Trinajstić information content (AvgIpc) is 3.51. The summed E-state index contributed by atoms with van der Waals surface area (Å²) in [6.45, 7) is 5.28. The lowest BCUT2D eigenvalue weighted by atomic mass is 9.44. The standard InChI is InChI=1S/C31H37N3/c1-30-15-13-25(34-18-17-32-33-34)20-24(30)9-10-26-28-12-11-27(31(28,2)16-14-29(26)30)23-8-7-21-5-3-4-6-22(21)19-23/h3-8,11,17-19,24-26,28-29H,9-10,12-16,20H2,1-2H3/t24-,25+,26-,28-,29-,30-,31+/m0/s1. The van der Waals surface area contributed by atoms with E-state index in [2.05, 4.69) is 83.6 Å².